The minimum absolute atomic E-state index is 0.161. The minimum atomic E-state index is -0.161. The standard InChI is InChI=1S/C26H22Cl2N2O2S/c1-4-32-21-11-7-18(8-12-21)13-24-25(31)30(20-10-6-17(3)23(28)15-20)26(33-24)29-19-9-5-16(2)22(27)14-19/h5-15H,4H2,1-3H3/b24-13+,29-26?. The summed E-state index contributed by atoms with van der Waals surface area (Å²) in [4.78, 5) is 20.4. The molecule has 4 rings (SSSR count). The van der Waals surface area contributed by atoms with Crippen LogP contribution in [0.5, 0.6) is 5.75 Å². The quantitative estimate of drug-likeness (QED) is 0.338. The fraction of sp³-hybridized carbons (Fsp3) is 0.154. The van der Waals surface area contributed by atoms with Gasteiger partial charge < -0.3 is 4.74 Å². The fourth-order valence-electron chi connectivity index (χ4n) is 3.24. The van der Waals surface area contributed by atoms with Gasteiger partial charge in [-0.25, -0.2) is 4.99 Å². The summed E-state index contributed by atoms with van der Waals surface area (Å²) in [6.07, 6.45) is 1.86. The van der Waals surface area contributed by atoms with Crippen molar-refractivity contribution in [3.63, 3.8) is 0 Å². The number of aryl methyl sites for hydroxylation is 2. The van der Waals surface area contributed by atoms with E-state index in [1.165, 1.54) is 11.8 Å². The molecule has 1 amide bonds. The molecular formula is C26H22Cl2N2O2S. The normalized spacial score (nSPS) is 16.2. The number of ether oxygens (including phenoxy) is 1. The van der Waals surface area contributed by atoms with Crippen molar-refractivity contribution in [3.05, 3.63) is 92.3 Å². The lowest BCUT2D eigenvalue weighted by Crippen LogP contribution is -2.28. The van der Waals surface area contributed by atoms with E-state index in [0.717, 1.165) is 22.4 Å². The molecule has 1 heterocycles. The van der Waals surface area contributed by atoms with Crippen molar-refractivity contribution in [2.45, 2.75) is 20.8 Å². The second kappa shape index (κ2) is 10.0. The molecule has 0 aromatic heterocycles. The molecule has 0 atom stereocenters. The smallest absolute Gasteiger partial charge is 0.271 e. The molecule has 3 aromatic rings. The van der Waals surface area contributed by atoms with Crippen LogP contribution in [0.2, 0.25) is 10.0 Å². The van der Waals surface area contributed by atoms with E-state index in [1.807, 2.05) is 75.4 Å². The lowest BCUT2D eigenvalue weighted by Gasteiger charge is -2.16. The Morgan fingerprint density at radius 3 is 2.27 bits per heavy atom. The summed E-state index contributed by atoms with van der Waals surface area (Å²) in [5.74, 6) is 0.630. The van der Waals surface area contributed by atoms with Gasteiger partial charge in [-0.1, -0.05) is 47.5 Å². The molecule has 7 heteroatoms. The predicted octanol–water partition coefficient (Wildman–Crippen LogP) is 7.82. The van der Waals surface area contributed by atoms with Crippen molar-refractivity contribution in [1.29, 1.82) is 0 Å². The Hall–Kier alpha value is -2.73. The first-order chi connectivity index (χ1) is 15.9. The van der Waals surface area contributed by atoms with Crippen molar-refractivity contribution in [2.24, 2.45) is 4.99 Å². The number of anilines is 1. The van der Waals surface area contributed by atoms with Crippen LogP contribution in [0.25, 0.3) is 6.08 Å². The third kappa shape index (κ3) is 5.27. The zero-order chi connectivity index (χ0) is 23.5. The second-order valence-corrected chi connectivity index (χ2v) is 9.34. The number of aliphatic imine (C=N–C) groups is 1. The van der Waals surface area contributed by atoms with E-state index in [4.69, 9.17) is 32.9 Å². The highest BCUT2D eigenvalue weighted by molar-refractivity contribution is 8.19. The van der Waals surface area contributed by atoms with Crippen molar-refractivity contribution in [2.75, 3.05) is 11.5 Å². The molecule has 0 spiro atoms. The number of amides is 1. The topological polar surface area (TPSA) is 41.9 Å². The zero-order valence-electron chi connectivity index (χ0n) is 18.4. The van der Waals surface area contributed by atoms with Crippen molar-refractivity contribution >= 4 is 63.5 Å². The molecule has 4 nitrogen and oxygen atoms in total. The Morgan fingerprint density at radius 1 is 0.970 bits per heavy atom. The first kappa shape index (κ1) is 23.4. The van der Waals surface area contributed by atoms with E-state index in [1.54, 1.807) is 17.0 Å². The minimum Gasteiger partial charge on any atom is -0.494 e. The second-order valence-electron chi connectivity index (χ2n) is 7.51. The summed E-state index contributed by atoms with van der Waals surface area (Å²) in [6.45, 7) is 6.40. The Labute approximate surface area is 207 Å². The largest absolute Gasteiger partial charge is 0.494 e. The summed E-state index contributed by atoms with van der Waals surface area (Å²) in [5.41, 5.74) is 4.14. The molecule has 33 heavy (non-hydrogen) atoms. The maximum absolute atomic E-state index is 13.5. The molecule has 0 bridgehead atoms. The monoisotopic (exact) mass is 496 g/mol. The van der Waals surface area contributed by atoms with E-state index in [9.17, 15) is 4.79 Å². The summed E-state index contributed by atoms with van der Waals surface area (Å²) in [5, 5.41) is 1.75. The van der Waals surface area contributed by atoms with Crippen LogP contribution in [0.1, 0.15) is 23.6 Å². The SMILES string of the molecule is CCOc1ccc(/C=C2/SC(=Nc3ccc(C)c(Cl)c3)N(c3ccc(C)c(Cl)c3)C2=O)cc1. The molecule has 3 aromatic carbocycles. The third-order valence-corrected chi connectivity index (χ3v) is 6.87. The molecule has 1 aliphatic heterocycles. The number of rotatable bonds is 5. The third-order valence-electron chi connectivity index (χ3n) is 5.09. The van der Waals surface area contributed by atoms with Gasteiger partial charge in [0.25, 0.3) is 5.91 Å². The number of nitrogens with zero attached hydrogens (tertiary/aromatic N) is 2. The van der Waals surface area contributed by atoms with Gasteiger partial charge in [0.1, 0.15) is 5.75 Å². The van der Waals surface area contributed by atoms with Crippen LogP contribution in [0, 0.1) is 13.8 Å². The lowest BCUT2D eigenvalue weighted by atomic mass is 10.2. The van der Waals surface area contributed by atoms with Crippen LogP contribution < -0.4 is 9.64 Å². The molecule has 1 aliphatic rings. The Kier molecular flexibility index (Phi) is 7.13. The highest BCUT2D eigenvalue weighted by atomic mass is 35.5. The number of amidine groups is 1. The van der Waals surface area contributed by atoms with Crippen LogP contribution in [-0.4, -0.2) is 17.7 Å². The van der Waals surface area contributed by atoms with E-state index >= 15 is 0 Å². The zero-order valence-corrected chi connectivity index (χ0v) is 20.8. The average molecular weight is 497 g/mol. The van der Waals surface area contributed by atoms with Crippen LogP contribution in [0.3, 0.4) is 0 Å². The van der Waals surface area contributed by atoms with E-state index in [2.05, 4.69) is 0 Å². The maximum Gasteiger partial charge on any atom is 0.271 e. The number of thioether (sulfide) groups is 1. The van der Waals surface area contributed by atoms with E-state index in [0.29, 0.717) is 38.1 Å². The summed E-state index contributed by atoms with van der Waals surface area (Å²) in [7, 11) is 0. The van der Waals surface area contributed by atoms with Gasteiger partial charge in [0, 0.05) is 10.0 Å². The predicted molar refractivity (Wildman–Crippen MR) is 140 cm³/mol. The maximum atomic E-state index is 13.5. The van der Waals surface area contributed by atoms with Gasteiger partial charge in [0.05, 0.1) is 22.9 Å². The molecule has 0 unspecified atom stereocenters. The lowest BCUT2D eigenvalue weighted by molar-refractivity contribution is -0.113. The number of benzene rings is 3. The number of halogens is 2. The van der Waals surface area contributed by atoms with Gasteiger partial charge in [0.15, 0.2) is 5.17 Å². The van der Waals surface area contributed by atoms with Crippen LogP contribution >= 0.6 is 35.0 Å². The van der Waals surface area contributed by atoms with Gasteiger partial charge in [-0.3, -0.25) is 9.69 Å². The van der Waals surface area contributed by atoms with Crippen molar-refractivity contribution in [1.82, 2.24) is 0 Å². The Bertz CT molecular complexity index is 1270. The van der Waals surface area contributed by atoms with Gasteiger partial charge >= 0.3 is 0 Å². The first-order valence-electron chi connectivity index (χ1n) is 10.4. The summed E-state index contributed by atoms with van der Waals surface area (Å²) in [6, 6.07) is 18.8. The molecule has 168 valence electrons. The number of carbonyl (C=O) groups excluding carboxylic acids is 1. The van der Waals surface area contributed by atoms with E-state index in [-0.39, 0.29) is 5.91 Å². The highest BCUT2D eigenvalue weighted by Crippen LogP contribution is 2.39. The molecular weight excluding hydrogens is 475 g/mol. The van der Waals surface area contributed by atoms with Gasteiger partial charge in [-0.15, -0.1) is 0 Å². The highest BCUT2D eigenvalue weighted by Gasteiger charge is 2.35. The summed E-state index contributed by atoms with van der Waals surface area (Å²) >= 11 is 14.0. The van der Waals surface area contributed by atoms with E-state index < -0.39 is 0 Å². The average Bonchev–Trinajstić information content (AvgIpc) is 3.09. The van der Waals surface area contributed by atoms with Gasteiger partial charge in [-0.05, 0) is 91.7 Å². The van der Waals surface area contributed by atoms with Crippen LogP contribution in [0.4, 0.5) is 11.4 Å². The molecule has 1 fully saturated rings. The van der Waals surface area contributed by atoms with Crippen LogP contribution in [-0.2, 0) is 4.79 Å². The molecule has 0 saturated carbocycles. The summed E-state index contributed by atoms with van der Waals surface area (Å²) < 4.78 is 5.51. The number of hydrogen-bond acceptors (Lipinski definition) is 4. The number of hydrogen-bond donors (Lipinski definition) is 0. The molecule has 0 aliphatic carbocycles. The number of carbonyl (C=O) groups is 1. The van der Waals surface area contributed by atoms with Crippen LogP contribution in [0.15, 0.2) is 70.6 Å². The molecule has 1 saturated heterocycles. The Balaban J connectivity index is 1.75. The van der Waals surface area contributed by atoms with Crippen molar-refractivity contribution in [3.8, 4) is 5.75 Å². The van der Waals surface area contributed by atoms with Gasteiger partial charge in [-0.2, -0.15) is 0 Å². The van der Waals surface area contributed by atoms with Crippen molar-refractivity contribution < 1.29 is 9.53 Å². The molecule has 0 N–H and O–H groups in total. The first-order valence-corrected chi connectivity index (χ1v) is 12.0. The molecule has 0 radical (unpaired) electrons. The Morgan fingerprint density at radius 2 is 1.64 bits per heavy atom. The fourth-order valence-corrected chi connectivity index (χ4v) is 4.59. The van der Waals surface area contributed by atoms with Gasteiger partial charge in [0.2, 0.25) is 0 Å².